The van der Waals surface area contributed by atoms with Crippen molar-refractivity contribution in [2.75, 3.05) is 39.3 Å². The number of nitrogens with one attached hydrogen (secondary N) is 1. The molecule has 2 saturated heterocycles. The SMILES string of the molecule is O=C(O)C(=O)N1CCC[C@H](C(=O)N2CCNCC2)C1. The summed E-state index contributed by atoms with van der Waals surface area (Å²) in [5.74, 6) is -2.56. The predicted molar refractivity (Wildman–Crippen MR) is 66.4 cm³/mol. The molecule has 2 aliphatic heterocycles. The Morgan fingerprint density at radius 3 is 2.37 bits per heavy atom. The van der Waals surface area contributed by atoms with Crippen molar-refractivity contribution in [3.8, 4) is 0 Å². The molecule has 2 rings (SSSR count). The van der Waals surface area contributed by atoms with Gasteiger partial charge in [-0.2, -0.15) is 0 Å². The molecule has 0 aromatic carbocycles. The molecule has 0 saturated carbocycles. The fourth-order valence-electron chi connectivity index (χ4n) is 2.64. The number of rotatable bonds is 1. The third-order valence-corrected chi connectivity index (χ3v) is 3.67. The lowest BCUT2D eigenvalue weighted by atomic mass is 9.96. The number of likely N-dealkylation sites (tertiary alicyclic amines) is 1. The molecular formula is C12H19N3O4. The molecule has 106 valence electrons. The lowest BCUT2D eigenvalue weighted by Gasteiger charge is -2.35. The highest BCUT2D eigenvalue weighted by Gasteiger charge is 2.33. The average Bonchev–Trinajstić information content (AvgIpc) is 2.46. The zero-order chi connectivity index (χ0) is 13.8. The first-order chi connectivity index (χ1) is 9.09. The summed E-state index contributed by atoms with van der Waals surface area (Å²) in [6.07, 6.45) is 1.41. The van der Waals surface area contributed by atoms with Gasteiger partial charge in [0.25, 0.3) is 0 Å². The lowest BCUT2D eigenvalue weighted by molar-refractivity contribution is -0.157. The molecule has 2 aliphatic rings. The molecule has 0 aliphatic carbocycles. The van der Waals surface area contributed by atoms with Crippen molar-refractivity contribution in [2.24, 2.45) is 5.92 Å². The van der Waals surface area contributed by atoms with Crippen LogP contribution in [0.25, 0.3) is 0 Å². The predicted octanol–water partition coefficient (Wildman–Crippen LogP) is -1.26. The van der Waals surface area contributed by atoms with Crippen molar-refractivity contribution in [1.82, 2.24) is 15.1 Å². The van der Waals surface area contributed by atoms with E-state index in [1.807, 2.05) is 0 Å². The van der Waals surface area contributed by atoms with Gasteiger partial charge in [0, 0.05) is 39.3 Å². The van der Waals surface area contributed by atoms with E-state index < -0.39 is 11.9 Å². The zero-order valence-electron chi connectivity index (χ0n) is 10.8. The minimum atomic E-state index is -1.45. The monoisotopic (exact) mass is 269 g/mol. The van der Waals surface area contributed by atoms with Gasteiger partial charge in [-0.25, -0.2) is 4.79 Å². The van der Waals surface area contributed by atoms with Gasteiger partial charge in [0.05, 0.1) is 5.92 Å². The van der Waals surface area contributed by atoms with Crippen LogP contribution in [0.4, 0.5) is 0 Å². The number of amides is 2. The van der Waals surface area contributed by atoms with E-state index in [-0.39, 0.29) is 18.4 Å². The second kappa shape index (κ2) is 6.01. The highest BCUT2D eigenvalue weighted by molar-refractivity contribution is 6.31. The minimum Gasteiger partial charge on any atom is -0.474 e. The van der Waals surface area contributed by atoms with Crippen LogP contribution in [0.3, 0.4) is 0 Å². The first kappa shape index (κ1) is 13.8. The second-order valence-electron chi connectivity index (χ2n) is 4.97. The molecule has 2 N–H and O–H groups in total. The standard InChI is InChI=1S/C12H19N3O4/c16-10(14-6-3-13-4-7-14)9-2-1-5-15(8-9)11(17)12(18)19/h9,13H,1-8H2,(H,18,19)/t9-/m0/s1. The van der Waals surface area contributed by atoms with Gasteiger partial charge in [0.2, 0.25) is 5.91 Å². The first-order valence-corrected chi connectivity index (χ1v) is 6.61. The Kier molecular flexibility index (Phi) is 4.36. The van der Waals surface area contributed by atoms with E-state index in [4.69, 9.17) is 5.11 Å². The molecule has 0 aromatic heterocycles. The highest BCUT2D eigenvalue weighted by Crippen LogP contribution is 2.19. The summed E-state index contributed by atoms with van der Waals surface area (Å²) in [5.41, 5.74) is 0. The maximum absolute atomic E-state index is 12.3. The maximum Gasteiger partial charge on any atom is 0.394 e. The van der Waals surface area contributed by atoms with E-state index in [9.17, 15) is 14.4 Å². The van der Waals surface area contributed by atoms with Crippen LogP contribution in [0.1, 0.15) is 12.8 Å². The van der Waals surface area contributed by atoms with Gasteiger partial charge in [-0.3, -0.25) is 9.59 Å². The second-order valence-corrected chi connectivity index (χ2v) is 4.97. The number of nitrogens with zero attached hydrogens (tertiary/aromatic N) is 2. The number of piperidine rings is 1. The van der Waals surface area contributed by atoms with Crippen LogP contribution in [-0.4, -0.2) is 72.0 Å². The lowest BCUT2D eigenvalue weighted by Crippen LogP contribution is -2.52. The smallest absolute Gasteiger partial charge is 0.394 e. The third kappa shape index (κ3) is 3.23. The largest absolute Gasteiger partial charge is 0.474 e. The third-order valence-electron chi connectivity index (χ3n) is 3.67. The maximum atomic E-state index is 12.3. The van der Waals surface area contributed by atoms with Gasteiger partial charge in [0.1, 0.15) is 0 Å². The Balaban J connectivity index is 1.94. The number of carbonyl (C=O) groups excluding carboxylic acids is 2. The van der Waals surface area contributed by atoms with Crippen LogP contribution >= 0.6 is 0 Å². The number of carboxylic acids is 1. The Hall–Kier alpha value is -1.63. The molecule has 0 spiro atoms. The van der Waals surface area contributed by atoms with Crippen molar-refractivity contribution >= 4 is 17.8 Å². The number of carboxylic acid groups (broad SMARTS) is 1. The van der Waals surface area contributed by atoms with Gasteiger partial charge < -0.3 is 20.2 Å². The molecule has 0 unspecified atom stereocenters. The summed E-state index contributed by atoms with van der Waals surface area (Å²) >= 11 is 0. The number of carbonyl (C=O) groups is 3. The van der Waals surface area contributed by atoms with Crippen LogP contribution in [0.5, 0.6) is 0 Å². The molecular weight excluding hydrogens is 250 g/mol. The summed E-state index contributed by atoms with van der Waals surface area (Å²) in [6, 6.07) is 0. The normalized spacial score (nSPS) is 24.1. The topological polar surface area (TPSA) is 90.0 Å². The fourth-order valence-corrected chi connectivity index (χ4v) is 2.64. The Labute approximate surface area is 111 Å². The van der Waals surface area contributed by atoms with Crippen molar-refractivity contribution in [2.45, 2.75) is 12.8 Å². The summed E-state index contributed by atoms with van der Waals surface area (Å²) in [7, 11) is 0. The quantitative estimate of drug-likeness (QED) is 0.580. The molecule has 7 heteroatoms. The van der Waals surface area contributed by atoms with Crippen LogP contribution in [-0.2, 0) is 14.4 Å². The summed E-state index contributed by atoms with van der Waals surface area (Å²) < 4.78 is 0. The summed E-state index contributed by atoms with van der Waals surface area (Å²) in [6.45, 7) is 3.60. The molecule has 19 heavy (non-hydrogen) atoms. The van der Waals surface area contributed by atoms with E-state index in [0.717, 1.165) is 19.5 Å². The van der Waals surface area contributed by atoms with E-state index in [1.165, 1.54) is 4.90 Å². The molecule has 0 radical (unpaired) electrons. The zero-order valence-corrected chi connectivity index (χ0v) is 10.8. The van der Waals surface area contributed by atoms with Crippen molar-refractivity contribution in [3.63, 3.8) is 0 Å². The fraction of sp³-hybridized carbons (Fsp3) is 0.750. The van der Waals surface area contributed by atoms with E-state index in [0.29, 0.717) is 26.1 Å². The Bertz CT molecular complexity index is 379. The molecule has 2 amide bonds. The summed E-state index contributed by atoms with van der Waals surface area (Å²) in [4.78, 5) is 37.5. The summed E-state index contributed by atoms with van der Waals surface area (Å²) in [5, 5.41) is 11.9. The van der Waals surface area contributed by atoms with Gasteiger partial charge in [0.15, 0.2) is 0 Å². The number of aliphatic carboxylic acids is 1. The van der Waals surface area contributed by atoms with Crippen molar-refractivity contribution in [1.29, 1.82) is 0 Å². The first-order valence-electron chi connectivity index (χ1n) is 6.61. The van der Waals surface area contributed by atoms with Crippen LogP contribution in [0.2, 0.25) is 0 Å². The molecule has 0 bridgehead atoms. The number of hydrogen-bond acceptors (Lipinski definition) is 4. The molecule has 7 nitrogen and oxygen atoms in total. The van der Waals surface area contributed by atoms with Crippen molar-refractivity contribution < 1.29 is 19.5 Å². The number of hydrogen-bond donors (Lipinski definition) is 2. The van der Waals surface area contributed by atoms with Crippen LogP contribution in [0, 0.1) is 5.92 Å². The van der Waals surface area contributed by atoms with Gasteiger partial charge in [-0.05, 0) is 12.8 Å². The molecule has 0 aromatic rings. The van der Waals surface area contributed by atoms with Crippen molar-refractivity contribution in [3.05, 3.63) is 0 Å². The van der Waals surface area contributed by atoms with Gasteiger partial charge >= 0.3 is 11.9 Å². The van der Waals surface area contributed by atoms with E-state index >= 15 is 0 Å². The Morgan fingerprint density at radius 2 is 1.74 bits per heavy atom. The average molecular weight is 269 g/mol. The number of piperazine rings is 1. The molecule has 2 heterocycles. The highest BCUT2D eigenvalue weighted by atomic mass is 16.4. The van der Waals surface area contributed by atoms with E-state index in [1.54, 1.807) is 4.90 Å². The van der Waals surface area contributed by atoms with Crippen LogP contribution < -0.4 is 5.32 Å². The van der Waals surface area contributed by atoms with Gasteiger partial charge in [-0.1, -0.05) is 0 Å². The minimum absolute atomic E-state index is 0.0457. The molecule has 1 atom stereocenters. The van der Waals surface area contributed by atoms with Crippen LogP contribution in [0.15, 0.2) is 0 Å². The van der Waals surface area contributed by atoms with Gasteiger partial charge in [-0.15, -0.1) is 0 Å². The van der Waals surface area contributed by atoms with E-state index in [2.05, 4.69) is 5.32 Å². The molecule has 2 fully saturated rings. The Morgan fingerprint density at radius 1 is 1.05 bits per heavy atom.